The van der Waals surface area contributed by atoms with Gasteiger partial charge >= 0.3 is 0 Å². The molecule has 4 heteroatoms. The number of benzene rings is 1. The summed E-state index contributed by atoms with van der Waals surface area (Å²) in [6.07, 6.45) is 2.33. The van der Waals surface area contributed by atoms with E-state index in [0.717, 1.165) is 5.56 Å². The van der Waals surface area contributed by atoms with Crippen LogP contribution >= 0.6 is 15.9 Å². The maximum Gasteiger partial charge on any atom is 0.137 e. The van der Waals surface area contributed by atoms with Crippen molar-refractivity contribution < 1.29 is 9.50 Å². The highest BCUT2D eigenvalue weighted by atomic mass is 79.9. The third-order valence-corrected chi connectivity index (χ3v) is 4.13. The standard InChI is InChI=1S/C13H17BrFNO/c1-13(8-17,10-3-4-10)16-7-9-2-5-11(14)12(15)6-9/h2,5-6,10,16-17H,3-4,7-8H2,1H3. The van der Waals surface area contributed by atoms with Gasteiger partial charge < -0.3 is 10.4 Å². The van der Waals surface area contributed by atoms with Crippen LogP contribution in [0.25, 0.3) is 0 Å². The summed E-state index contributed by atoms with van der Waals surface area (Å²) in [5, 5.41) is 12.8. The Morgan fingerprint density at radius 1 is 1.53 bits per heavy atom. The zero-order valence-corrected chi connectivity index (χ0v) is 11.4. The lowest BCUT2D eigenvalue weighted by Crippen LogP contribution is -2.47. The van der Waals surface area contributed by atoms with E-state index in [1.807, 2.05) is 13.0 Å². The fraction of sp³-hybridized carbons (Fsp3) is 0.538. The van der Waals surface area contributed by atoms with Crippen LogP contribution in [0.1, 0.15) is 25.3 Å². The number of nitrogens with one attached hydrogen (secondary N) is 1. The molecule has 1 fully saturated rings. The summed E-state index contributed by atoms with van der Waals surface area (Å²) < 4.78 is 13.8. The van der Waals surface area contributed by atoms with Crippen LogP contribution in [0.5, 0.6) is 0 Å². The van der Waals surface area contributed by atoms with Gasteiger partial charge in [0.1, 0.15) is 5.82 Å². The Labute approximate surface area is 109 Å². The summed E-state index contributed by atoms with van der Waals surface area (Å²) in [6, 6.07) is 5.10. The smallest absolute Gasteiger partial charge is 0.137 e. The summed E-state index contributed by atoms with van der Waals surface area (Å²) in [5.41, 5.74) is 0.662. The number of halogens is 2. The van der Waals surface area contributed by atoms with Crippen LogP contribution in [0, 0.1) is 11.7 Å². The van der Waals surface area contributed by atoms with Crippen molar-refractivity contribution in [3.8, 4) is 0 Å². The zero-order chi connectivity index (χ0) is 12.5. The normalized spacial score (nSPS) is 19.1. The predicted molar refractivity (Wildman–Crippen MR) is 69.2 cm³/mol. The molecule has 0 spiro atoms. The molecule has 94 valence electrons. The quantitative estimate of drug-likeness (QED) is 0.876. The highest BCUT2D eigenvalue weighted by molar-refractivity contribution is 9.10. The molecule has 1 unspecified atom stereocenters. The molecule has 0 amide bonds. The molecule has 0 aliphatic heterocycles. The molecule has 1 atom stereocenters. The van der Waals surface area contributed by atoms with Gasteiger partial charge in [0.2, 0.25) is 0 Å². The molecule has 0 radical (unpaired) electrons. The second-order valence-corrected chi connectivity index (χ2v) is 5.81. The summed E-state index contributed by atoms with van der Waals surface area (Å²) in [4.78, 5) is 0. The number of rotatable bonds is 5. The molecule has 1 aromatic rings. The number of hydrogen-bond donors (Lipinski definition) is 2. The topological polar surface area (TPSA) is 32.3 Å². The van der Waals surface area contributed by atoms with Gasteiger partial charge in [0.25, 0.3) is 0 Å². The molecule has 0 aromatic heterocycles. The van der Waals surface area contributed by atoms with Crippen molar-refractivity contribution in [1.29, 1.82) is 0 Å². The summed E-state index contributed by atoms with van der Waals surface area (Å²) in [5.74, 6) is 0.300. The van der Waals surface area contributed by atoms with Gasteiger partial charge in [-0.3, -0.25) is 0 Å². The van der Waals surface area contributed by atoms with E-state index in [1.54, 1.807) is 6.07 Å². The van der Waals surface area contributed by atoms with Crippen LogP contribution in [-0.2, 0) is 6.54 Å². The Balaban J connectivity index is 1.98. The van der Waals surface area contributed by atoms with E-state index >= 15 is 0 Å². The fourth-order valence-electron chi connectivity index (χ4n) is 2.00. The summed E-state index contributed by atoms with van der Waals surface area (Å²) in [6.45, 7) is 2.73. The summed E-state index contributed by atoms with van der Waals surface area (Å²) >= 11 is 3.13. The predicted octanol–water partition coefficient (Wildman–Crippen LogP) is 2.84. The van der Waals surface area contributed by atoms with E-state index in [-0.39, 0.29) is 18.0 Å². The van der Waals surface area contributed by atoms with Crippen LogP contribution < -0.4 is 5.32 Å². The van der Waals surface area contributed by atoms with E-state index in [9.17, 15) is 9.50 Å². The van der Waals surface area contributed by atoms with Crippen molar-refractivity contribution in [2.24, 2.45) is 5.92 Å². The van der Waals surface area contributed by atoms with Crippen molar-refractivity contribution in [2.45, 2.75) is 31.8 Å². The molecule has 1 saturated carbocycles. The molecule has 2 rings (SSSR count). The van der Waals surface area contributed by atoms with Crippen molar-refractivity contribution in [3.05, 3.63) is 34.1 Å². The van der Waals surface area contributed by atoms with E-state index in [4.69, 9.17) is 0 Å². The Kier molecular flexibility index (Phi) is 3.85. The van der Waals surface area contributed by atoms with Gasteiger partial charge in [0, 0.05) is 12.1 Å². The van der Waals surface area contributed by atoms with Crippen LogP contribution in [-0.4, -0.2) is 17.3 Å². The lowest BCUT2D eigenvalue weighted by molar-refractivity contribution is 0.153. The van der Waals surface area contributed by atoms with Gasteiger partial charge in [-0.25, -0.2) is 4.39 Å². The minimum Gasteiger partial charge on any atom is -0.394 e. The molecule has 17 heavy (non-hydrogen) atoms. The minimum absolute atomic E-state index is 0.122. The first-order valence-corrected chi connectivity index (χ1v) is 6.64. The van der Waals surface area contributed by atoms with Crippen molar-refractivity contribution in [1.82, 2.24) is 5.32 Å². The number of aliphatic hydroxyl groups excluding tert-OH is 1. The summed E-state index contributed by atoms with van der Waals surface area (Å²) in [7, 11) is 0. The lowest BCUT2D eigenvalue weighted by atomic mass is 9.96. The second-order valence-electron chi connectivity index (χ2n) is 4.95. The highest BCUT2D eigenvalue weighted by Crippen LogP contribution is 2.39. The lowest BCUT2D eigenvalue weighted by Gasteiger charge is -2.29. The van der Waals surface area contributed by atoms with E-state index < -0.39 is 0 Å². The third-order valence-electron chi connectivity index (χ3n) is 3.49. The maximum absolute atomic E-state index is 13.3. The van der Waals surface area contributed by atoms with Crippen molar-refractivity contribution in [3.63, 3.8) is 0 Å². The SMILES string of the molecule is CC(CO)(NCc1ccc(Br)c(F)c1)C1CC1. The van der Waals surface area contributed by atoms with Gasteiger partial charge in [-0.1, -0.05) is 6.07 Å². The van der Waals surface area contributed by atoms with Crippen molar-refractivity contribution in [2.75, 3.05) is 6.61 Å². The average molecular weight is 302 g/mol. The molecule has 0 saturated heterocycles. The van der Waals surface area contributed by atoms with Crippen LogP contribution in [0.2, 0.25) is 0 Å². The Morgan fingerprint density at radius 2 is 2.24 bits per heavy atom. The average Bonchev–Trinajstić information content (AvgIpc) is 3.14. The van der Waals surface area contributed by atoms with E-state index in [1.165, 1.54) is 18.9 Å². The third kappa shape index (κ3) is 3.06. The number of aliphatic hydroxyl groups is 1. The fourth-order valence-corrected chi connectivity index (χ4v) is 2.25. The monoisotopic (exact) mass is 301 g/mol. The van der Waals surface area contributed by atoms with Gasteiger partial charge in [-0.2, -0.15) is 0 Å². The molecule has 2 nitrogen and oxygen atoms in total. The van der Waals surface area contributed by atoms with E-state index in [0.29, 0.717) is 16.9 Å². The number of hydrogen-bond acceptors (Lipinski definition) is 2. The highest BCUT2D eigenvalue weighted by Gasteiger charge is 2.40. The molecule has 1 aromatic carbocycles. The Bertz CT molecular complexity index is 408. The Hall–Kier alpha value is -0.450. The molecule has 0 heterocycles. The maximum atomic E-state index is 13.3. The van der Waals surface area contributed by atoms with Gasteiger partial charge in [0.05, 0.1) is 11.1 Å². The van der Waals surface area contributed by atoms with Gasteiger partial charge in [-0.05, 0) is 59.3 Å². The van der Waals surface area contributed by atoms with Crippen molar-refractivity contribution >= 4 is 15.9 Å². The first kappa shape index (κ1) is 13.0. The molecular formula is C13H17BrFNO. The van der Waals surface area contributed by atoms with Crippen LogP contribution in [0.3, 0.4) is 0 Å². The minimum atomic E-state index is -0.249. The first-order chi connectivity index (χ1) is 8.05. The first-order valence-electron chi connectivity index (χ1n) is 5.85. The zero-order valence-electron chi connectivity index (χ0n) is 9.84. The van der Waals surface area contributed by atoms with Crippen LogP contribution in [0.4, 0.5) is 4.39 Å². The van der Waals surface area contributed by atoms with E-state index in [2.05, 4.69) is 21.2 Å². The van der Waals surface area contributed by atoms with Gasteiger partial charge in [-0.15, -0.1) is 0 Å². The molecule has 1 aliphatic carbocycles. The molecule has 1 aliphatic rings. The second kappa shape index (κ2) is 5.04. The van der Waals surface area contributed by atoms with Crippen LogP contribution in [0.15, 0.2) is 22.7 Å². The molecular weight excluding hydrogens is 285 g/mol. The van der Waals surface area contributed by atoms with Gasteiger partial charge in [0.15, 0.2) is 0 Å². The Morgan fingerprint density at radius 3 is 2.76 bits per heavy atom. The molecule has 2 N–H and O–H groups in total. The largest absolute Gasteiger partial charge is 0.394 e. The molecule has 0 bridgehead atoms.